The smallest absolute Gasteiger partial charge is 0.410 e. The van der Waals surface area contributed by atoms with Gasteiger partial charge in [0.1, 0.15) is 11.4 Å². The van der Waals surface area contributed by atoms with Gasteiger partial charge in [-0.05, 0) is 45.4 Å². The van der Waals surface area contributed by atoms with Gasteiger partial charge in [0.05, 0.1) is 0 Å². The Labute approximate surface area is 125 Å². The van der Waals surface area contributed by atoms with Crippen LogP contribution in [0.1, 0.15) is 39.3 Å². The summed E-state index contributed by atoms with van der Waals surface area (Å²) in [6.45, 7) is 8.88. The van der Waals surface area contributed by atoms with E-state index in [1.165, 1.54) is 12.1 Å². The molecule has 1 atom stereocenters. The lowest BCUT2D eigenvalue weighted by Crippen LogP contribution is -2.60. The van der Waals surface area contributed by atoms with E-state index in [1.807, 2.05) is 27.7 Å². The predicted molar refractivity (Wildman–Crippen MR) is 79.5 cm³/mol. The quantitative estimate of drug-likeness (QED) is 0.931. The first-order valence-electron chi connectivity index (χ1n) is 7.24. The van der Waals surface area contributed by atoms with Gasteiger partial charge >= 0.3 is 6.09 Å². The van der Waals surface area contributed by atoms with Gasteiger partial charge in [-0.2, -0.15) is 0 Å². The highest BCUT2D eigenvalue weighted by Crippen LogP contribution is 2.19. The maximum absolute atomic E-state index is 12.9. The Morgan fingerprint density at radius 2 is 1.90 bits per heavy atom. The van der Waals surface area contributed by atoms with Gasteiger partial charge in [0.25, 0.3) is 0 Å². The highest BCUT2D eigenvalue weighted by atomic mass is 19.1. The molecule has 1 aromatic carbocycles. The van der Waals surface area contributed by atoms with Crippen LogP contribution >= 0.6 is 0 Å². The number of hydrogen-bond acceptors (Lipinski definition) is 3. The monoisotopic (exact) mass is 294 g/mol. The molecule has 2 rings (SSSR count). The second-order valence-electron chi connectivity index (χ2n) is 6.52. The third-order valence-corrected chi connectivity index (χ3v) is 3.39. The number of carbonyl (C=O) groups excluding carboxylic acids is 1. The van der Waals surface area contributed by atoms with Crippen LogP contribution in [0, 0.1) is 5.82 Å². The van der Waals surface area contributed by atoms with E-state index >= 15 is 0 Å². The number of rotatable bonds is 3. The normalized spacial score (nSPS) is 17.3. The van der Waals surface area contributed by atoms with Crippen LogP contribution < -0.4 is 5.32 Å². The molecule has 1 amide bonds. The second kappa shape index (κ2) is 6.02. The number of nitrogens with zero attached hydrogens (tertiary/aromatic N) is 1. The summed E-state index contributed by atoms with van der Waals surface area (Å²) in [6.07, 6.45) is -0.269. The molecule has 0 bridgehead atoms. The largest absolute Gasteiger partial charge is 0.444 e. The van der Waals surface area contributed by atoms with Crippen LogP contribution in [0.15, 0.2) is 24.3 Å². The number of ether oxygens (including phenoxy) is 1. The van der Waals surface area contributed by atoms with Crippen LogP contribution in [0.2, 0.25) is 0 Å². The number of halogens is 1. The Bertz CT molecular complexity index is 490. The molecule has 1 heterocycles. The van der Waals surface area contributed by atoms with E-state index in [0.717, 1.165) is 5.56 Å². The first-order chi connectivity index (χ1) is 9.74. The number of benzene rings is 1. The second-order valence-corrected chi connectivity index (χ2v) is 6.52. The summed E-state index contributed by atoms with van der Waals surface area (Å²) in [4.78, 5) is 13.5. The third kappa shape index (κ3) is 4.43. The van der Waals surface area contributed by atoms with Crippen LogP contribution in [0.5, 0.6) is 0 Å². The van der Waals surface area contributed by atoms with Gasteiger partial charge in [-0.15, -0.1) is 0 Å². The molecule has 1 saturated heterocycles. The van der Waals surface area contributed by atoms with Gasteiger partial charge in [0.2, 0.25) is 0 Å². The lowest BCUT2D eigenvalue weighted by atomic mass is 10.0. The minimum Gasteiger partial charge on any atom is -0.444 e. The van der Waals surface area contributed by atoms with Gasteiger partial charge in [0, 0.05) is 25.2 Å². The van der Waals surface area contributed by atoms with Crippen molar-refractivity contribution in [1.29, 1.82) is 0 Å². The Hall–Kier alpha value is -1.62. The predicted octanol–water partition coefficient (Wildman–Crippen LogP) is 3.10. The molecule has 1 N–H and O–H groups in total. The first-order valence-corrected chi connectivity index (χ1v) is 7.24. The molecule has 0 aromatic heterocycles. The van der Waals surface area contributed by atoms with Crippen molar-refractivity contribution in [2.75, 3.05) is 13.1 Å². The van der Waals surface area contributed by atoms with Crippen LogP contribution in [-0.4, -0.2) is 35.7 Å². The summed E-state index contributed by atoms with van der Waals surface area (Å²) in [5, 5.41) is 3.43. The van der Waals surface area contributed by atoms with Crippen molar-refractivity contribution >= 4 is 6.09 Å². The fraction of sp³-hybridized carbons (Fsp3) is 0.562. The molecular formula is C16H23FN2O2. The van der Waals surface area contributed by atoms with Crippen molar-refractivity contribution in [1.82, 2.24) is 10.2 Å². The SMILES string of the molecule is C[C@@H](NC1CN(C(=O)OC(C)(C)C)C1)c1ccc(F)cc1. The van der Waals surface area contributed by atoms with E-state index in [0.29, 0.717) is 13.1 Å². The molecule has 5 heteroatoms. The fourth-order valence-electron chi connectivity index (χ4n) is 2.26. The van der Waals surface area contributed by atoms with E-state index < -0.39 is 5.60 Å². The third-order valence-electron chi connectivity index (χ3n) is 3.39. The summed E-state index contributed by atoms with van der Waals surface area (Å²) in [6, 6.07) is 6.84. The Balaban J connectivity index is 1.77. The van der Waals surface area contributed by atoms with Crippen molar-refractivity contribution in [3.63, 3.8) is 0 Å². The zero-order chi connectivity index (χ0) is 15.6. The average Bonchev–Trinajstić information content (AvgIpc) is 2.31. The summed E-state index contributed by atoms with van der Waals surface area (Å²) in [5.41, 5.74) is 0.573. The van der Waals surface area contributed by atoms with E-state index in [9.17, 15) is 9.18 Å². The molecule has 0 unspecified atom stereocenters. The topological polar surface area (TPSA) is 41.6 Å². The molecule has 0 saturated carbocycles. The fourth-order valence-corrected chi connectivity index (χ4v) is 2.26. The van der Waals surface area contributed by atoms with Gasteiger partial charge in [-0.3, -0.25) is 0 Å². The highest BCUT2D eigenvalue weighted by Gasteiger charge is 2.34. The van der Waals surface area contributed by atoms with Crippen molar-refractivity contribution in [3.05, 3.63) is 35.6 Å². The Morgan fingerprint density at radius 3 is 2.43 bits per heavy atom. The molecule has 0 aliphatic carbocycles. The van der Waals surface area contributed by atoms with Gasteiger partial charge in [-0.1, -0.05) is 12.1 Å². The molecule has 1 aliphatic rings. The molecule has 21 heavy (non-hydrogen) atoms. The Kier molecular flexibility index (Phi) is 4.52. The minimum atomic E-state index is -0.461. The molecule has 116 valence electrons. The zero-order valence-corrected chi connectivity index (χ0v) is 13.0. The highest BCUT2D eigenvalue weighted by molar-refractivity contribution is 5.69. The lowest BCUT2D eigenvalue weighted by Gasteiger charge is -2.41. The van der Waals surface area contributed by atoms with Gasteiger partial charge < -0.3 is 15.0 Å². The number of amides is 1. The van der Waals surface area contributed by atoms with E-state index in [1.54, 1.807) is 17.0 Å². The maximum Gasteiger partial charge on any atom is 0.410 e. The average molecular weight is 294 g/mol. The molecule has 1 fully saturated rings. The minimum absolute atomic E-state index is 0.122. The van der Waals surface area contributed by atoms with Crippen LogP contribution in [-0.2, 0) is 4.74 Å². The zero-order valence-electron chi connectivity index (χ0n) is 13.0. The van der Waals surface area contributed by atoms with Crippen molar-refractivity contribution < 1.29 is 13.9 Å². The molecule has 0 radical (unpaired) electrons. The molecule has 4 nitrogen and oxygen atoms in total. The van der Waals surface area contributed by atoms with Crippen molar-refractivity contribution in [3.8, 4) is 0 Å². The maximum atomic E-state index is 12.9. The van der Waals surface area contributed by atoms with Crippen LogP contribution in [0.25, 0.3) is 0 Å². The molecule has 1 aliphatic heterocycles. The van der Waals surface area contributed by atoms with Crippen molar-refractivity contribution in [2.24, 2.45) is 0 Å². The van der Waals surface area contributed by atoms with E-state index in [4.69, 9.17) is 4.74 Å². The number of likely N-dealkylation sites (tertiary alicyclic amines) is 1. The number of carbonyl (C=O) groups is 1. The standard InChI is InChI=1S/C16H23FN2O2/c1-11(12-5-7-13(17)8-6-12)18-14-9-19(10-14)15(20)21-16(2,3)4/h5-8,11,14,18H,9-10H2,1-4H3/t11-/m1/s1. The van der Waals surface area contributed by atoms with Gasteiger partial charge in [-0.25, -0.2) is 9.18 Å². The van der Waals surface area contributed by atoms with E-state index in [-0.39, 0.29) is 24.0 Å². The first kappa shape index (κ1) is 15.8. The molecular weight excluding hydrogens is 271 g/mol. The summed E-state index contributed by atoms with van der Waals surface area (Å²) in [7, 11) is 0. The molecule has 1 aromatic rings. The lowest BCUT2D eigenvalue weighted by molar-refractivity contribution is 0.00434. The number of hydrogen-bond donors (Lipinski definition) is 1. The molecule has 0 spiro atoms. The van der Waals surface area contributed by atoms with E-state index in [2.05, 4.69) is 5.32 Å². The number of nitrogens with one attached hydrogen (secondary N) is 1. The van der Waals surface area contributed by atoms with Crippen molar-refractivity contribution in [2.45, 2.75) is 45.4 Å². The summed E-state index contributed by atoms with van der Waals surface area (Å²) >= 11 is 0. The Morgan fingerprint density at radius 1 is 1.33 bits per heavy atom. The summed E-state index contributed by atoms with van der Waals surface area (Å²) in [5.74, 6) is -0.231. The van der Waals surface area contributed by atoms with Crippen LogP contribution in [0.4, 0.5) is 9.18 Å². The van der Waals surface area contributed by atoms with Gasteiger partial charge in [0.15, 0.2) is 0 Å². The summed E-state index contributed by atoms with van der Waals surface area (Å²) < 4.78 is 18.2. The van der Waals surface area contributed by atoms with Crippen LogP contribution in [0.3, 0.4) is 0 Å².